The third kappa shape index (κ3) is 3.31. The van der Waals surface area contributed by atoms with E-state index in [4.69, 9.17) is 4.42 Å². The van der Waals surface area contributed by atoms with Crippen LogP contribution >= 0.6 is 0 Å². The van der Waals surface area contributed by atoms with Gasteiger partial charge in [-0.3, -0.25) is 9.80 Å². The van der Waals surface area contributed by atoms with Crippen LogP contribution in [0, 0.1) is 0 Å². The van der Waals surface area contributed by atoms with Gasteiger partial charge >= 0.3 is 0 Å². The standard InChI is InChI=1S/C13H22N2O2/c1-2-12(11-16)15-7-5-14(6-8-15)10-13-4-3-9-17-13/h3-4,9,12,16H,2,5-8,10-11H2,1H3. The number of aliphatic hydroxyl groups excluding tert-OH is 1. The Hall–Kier alpha value is -0.840. The van der Waals surface area contributed by atoms with E-state index in [0.717, 1.165) is 44.9 Å². The smallest absolute Gasteiger partial charge is 0.117 e. The van der Waals surface area contributed by atoms with Gasteiger partial charge in [0.25, 0.3) is 0 Å². The maximum absolute atomic E-state index is 9.28. The minimum atomic E-state index is 0.273. The van der Waals surface area contributed by atoms with Gasteiger partial charge in [-0.25, -0.2) is 0 Å². The Bertz CT molecular complexity index is 301. The molecule has 1 atom stereocenters. The van der Waals surface area contributed by atoms with Gasteiger partial charge in [-0.1, -0.05) is 6.92 Å². The van der Waals surface area contributed by atoms with E-state index < -0.39 is 0 Å². The average molecular weight is 238 g/mol. The Morgan fingerprint density at radius 1 is 1.35 bits per heavy atom. The summed E-state index contributed by atoms with van der Waals surface area (Å²) >= 11 is 0. The Kier molecular flexibility index (Phi) is 4.59. The maximum atomic E-state index is 9.28. The van der Waals surface area contributed by atoms with Crippen LogP contribution in [0.25, 0.3) is 0 Å². The third-order valence-corrected chi connectivity index (χ3v) is 3.56. The van der Waals surface area contributed by atoms with Gasteiger partial charge in [0.2, 0.25) is 0 Å². The number of hydrogen-bond donors (Lipinski definition) is 1. The quantitative estimate of drug-likeness (QED) is 0.836. The lowest BCUT2D eigenvalue weighted by Gasteiger charge is -2.38. The second kappa shape index (κ2) is 6.19. The first-order valence-electron chi connectivity index (χ1n) is 6.43. The molecule has 1 N–H and O–H groups in total. The largest absolute Gasteiger partial charge is 0.468 e. The average Bonchev–Trinajstić information content (AvgIpc) is 2.86. The van der Waals surface area contributed by atoms with Gasteiger partial charge in [0.15, 0.2) is 0 Å². The Morgan fingerprint density at radius 2 is 2.12 bits per heavy atom. The zero-order valence-electron chi connectivity index (χ0n) is 10.5. The van der Waals surface area contributed by atoms with E-state index in [2.05, 4.69) is 16.7 Å². The number of hydrogen-bond acceptors (Lipinski definition) is 4. The van der Waals surface area contributed by atoms with Gasteiger partial charge in [-0.2, -0.15) is 0 Å². The van der Waals surface area contributed by atoms with Gasteiger partial charge in [0.1, 0.15) is 5.76 Å². The topological polar surface area (TPSA) is 39.9 Å². The van der Waals surface area contributed by atoms with Gasteiger partial charge in [0.05, 0.1) is 19.4 Å². The molecule has 0 aromatic carbocycles. The van der Waals surface area contributed by atoms with Crippen molar-refractivity contribution < 1.29 is 9.52 Å². The molecule has 1 saturated heterocycles. The van der Waals surface area contributed by atoms with Crippen molar-refractivity contribution in [2.24, 2.45) is 0 Å². The van der Waals surface area contributed by atoms with Crippen molar-refractivity contribution in [3.63, 3.8) is 0 Å². The molecule has 17 heavy (non-hydrogen) atoms. The summed E-state index contributed by atoms with van der Waals surface area (Å²) in [5.74, 6) is 1.03. The van der Waals surface area contributed by atoms with E-state index in [1.165, 1.54) is 0 Å². The van der Waals surface area contributed by atoms with Crippen LogP contribution in [-0.2, 0) is 6.54 Å². The molecule has 0 radical (unpaired) electrons. The summed E-state index contributed by atoms with van der Waals surface area (Å²) in [6.07, 6.45) is 2.75. The highest BCUT2D eigenvalue weighted by atomic mass is 16.3. The number of aliphatic hydroxyl groups is 1. The summed E-state index contributed by atoms with van der Waals surface area (Å²) in [4.78, 5) is 4.79. The summed E-state index contributed by atoms with van der Waals surface area (Å²) in [6, 6.07) is 4.29. The predicted octanol–water partition coefficient (Wildman–Crippen LogP) is 1.17. The van der Waals surface area contributed by atoms with E-state index in [1.807, 2.05) is 12.1 Å². The summed E-state index contributed by atoms with van der Waals surface area (Å²) < 4.78 is 5.36. The van der Waals surface area contributed by atoms with Crippen molar-refractivity contribution in [1.29, 1.82) is 0 Å². The normalized spacial score (nSPS) is 20.6. The lowest BCUT2D eigenvalue weighted by atomic mass is 10.1. The Labute approximate surface area is 103 Å². The Balaban J connectivity index is 1.78. The van der Waals surface area contributed by atoms with Crippen molar-refractivity contribution in [2.45, 2.75) is 25.9 Å². The van der Waals surface area contributed by atoms with Crippen molar-refractivity contribution in [3.8, 4) is 0 Å². The number of nitrogens with zero attached hydrogens (tertiary/aromatic N) is 2. The predicted molar refractivity (Wildman–Crippen MR) is 66.7 cm³/mol. The second-order valence-corrected chi connectivity index (χ2v) is 4.64. The van der Waals surface area contributed by atoms with Gasteiger partial charge in [-0.15, -0.1) is 0 Å². The molecular weight excluding hydrogens is 216 g/mol. The van der Waals surface area contributed by atoms with Crippen LogP contribution < -0.4 is 0 Å². The van der Waals surface area contributed by atoms with E-state index in [9.17, 15) is 5.11 Å². The van der Waals surface area contributed by atoms with Crippen LogP contribution in [0.1, 0.15) is 19.1 Å². The molecule has 1 aliphatic heterocycles. The lowest BCUT2D eigenvalue weighted by molar-refractivity contribution is 0.0583. The first-order chi connectivity index (χ1) is 8.33. The SMILES string of the molecule is CCC(CO)N1CCN(Cc2ccco2)CC1. The fraction of sp³-hybridized carbons (Fsp3) is 0.692. The van der Waals surface area contributed by atoms with E-state index in [-0.39, 0.29) is 6.61 Å². The molecule has 1 aromatic rings. The third-order valence-electron chi connectivity index (χ3n) is 3.56. The molecule has 2 rings (SSSR count). The van der Waals surface area contributed by atoms with E-state index in [0.29, 0.717) is 6.04 Å². The molecule has 1 fully saturated rings. The van der Waals surface area contributed by atoms with Crippen LogP contribution in [0.4, 0.5) is 0 Å². The van der Waals surface area contributed by atoms with Crippen molar-refractivity contribution in [3.05, 3.63) is 24.2 Å². The molecule has 0 spiro atoms. The summed E-state index contributed by atoms with van der Waals surface area (Å²) in [7, 11) is 0. The highest BCUT2D eigenvalue weighted by Crippen LogP contribution is 2.12. The summed E-state index contributed by atoms with van der Waals surface area (Å²) in [5.41, 5.74) is 0. The molecule has 0 saturated carbocycles. The van der Waals surface area contributed by atoms with Crippen LogP contribution in [0.3, 0.4) is 0 Å². The molecule has 4 nitrogen and oxygen atoms in total. The maximum Gasteiger partial charge on any atom is 0.117 e. The highest BCUT2D eigenvalue weighted by molar-refractivity contribution is 4.98. The number of rotatable bonds is 5. The molecular formula is C13H22N2O2. The first-order valence-corrected chi connectivity index (χ1v) is 6.43. The van der Waals surface area contributed by atoms with Gasteiger partial charge in [0, 0.05) is 32.2 Å². The zero-order valence-corrected chi connectivity index (χ0v) is 10.5. The monoisotopic (exact) mass is 238 g/mol. The fourth-order valence-corrected chi connectivity index (χ4v) is 2.41. The van der Waals surface area contributed by atoms with Gasteiger partial charge in [-0.05, 0) is 18.6 Å². The minimum absolute atomic E-state index is 0.273. The first kappa shape index (κ1) is 12.6. The summed E-state index contributed by atoms with van der Waals surface area (Å²) in [5, 5.41) is 9.28. The van der Waals surface area contributed by atoms with Crippen LogP contribution in [-0.4, -0.2) is 53.7 Å². The molecule has 1 aromatic heterocycles. The fourth-order valence-electron chi connectivity index (χ4n) is 2.41. The number of furan rings is 1. The molecule has 4 heteroatoms. The Morgan fingerprint density at radius 3 is 2.65 bits per heavy atom. The second-order valence-electron chi connectivity index (χ2n) is 4.64. The molecule has 96 valence electrons. The van der Waals surface area contributed by atoms with E-state index in [1.54, 1.807) is 6.26 Å². The molecule has 0 amide bonds. The van der Waals surface area contributed by atoms with Crippen molar-refractivity contribution >= 4 is 0 Å². The molecule has 0 bridgehead atoms. The van der Waals surface area contributed by atoms with Gasteiger partial charge < -0.3 is 9.52 Å². The lowest BCUT2D eigenvalue weighted by Crippen LogP contribution is -2.50. The van der Waals surface area contributed by atoms with Crippen LogP contribution in [0.15, 0.2) is 22.8 Å². The molecule has 1 aliphatic rings. The number of piperazine rings is 1. The van der Waals surface area contributed by atoms with E-state index >= 15 is 0 Å². The van der Waals surface area contributed by atoms with Crippen molar-refractivity contribution in [2.75, 3.05) is 32.8 Å². The minimum Gasteiger partial charge on any atom is -0.468 e. The molecule has 2 heterocycles. The molecule has 0 aliphatic carbocycles. The van der Waals surface area contributed by atoms with Crippen molar-refractivity contribution in [1.82, 2.24) is 9.80 Å². The van der Waals surface area contributed by atoms with Crippen LogP contribution in [0.2, 0.25) is 0 Å². The summed E-state index contributed by atoms with van der Waals surface area (Å²) in [6.45, 7) is 7.50. The molecule has 1 unspecified atom stereocenters. The highest BCUT2D eigenvalue weighted by Gasteiger charge is 2.22. The van der Waals surface area contributed by atoms with Crippen LogP contribution in [0.5, 0.6) is 0 Å². The zero-order chi connectivity index (χ0) is 12.1.